The Morgan fingerprint density at radius 1 is 1.26 bits per heavy atom. The number of rotatable bonds is 6. The molecular formula is C21H29N3O3. The summed E-state index contributed by atoms with van der Waals surface area (Å²) in [5.74, 6) is 2.71. The van der Waals surface area contributed by atoms with Crippen molar-refractivity contribution in [3.63, 3.8) is 0 Å². The van der Waals surface area contributed by atoms with Crippen molar-refractivity contribution in [1.82, 2.24) is 15.1 Å². The Labute approximate surface area is 161 Å². The summed E-state index contributed by atoms with van der Waals surface area (Å²) in [4.78, 5) is 16.4. The van der Waals surface area contributed by atoms with Crippen LogP contribution in [0.15, 0.2) is 30.3 Å². The Morgan fingerprint density at radius 3 is 2.78 bits per heavy atom. The van der Waals surface area contributed by atoms with E-state index in [4.69, 9.17) is 15.9 Å². The van der Waals surface area contributed by atoms with Crippen LogP contribution < -0.4 is 5.32 Å². The van der Waals surface area contributed by atoms with Crippen LogP contribution in [0.2, 0.25) is 0 Å². The number of likely N-dealkylation sites (tertiary alicyclic amines) is 1. The highest BCUT2D eigenvalue weighted by Crippen LogP contribution is 2.12. The van der Waals surface area contributed by atoms with Gasteiger partial charge in [-0.3, -0.25) is 4.90 Å². The van der Waals surface area contributed by atoms with Crippen LogP contribution in [0.5, 0.6) is 0 Å². The van der Waals surface area contributed by atoms with Crippen molar-refractivity contribution in [3.05, 3.63) is 35.9 Å². The maximum Gasteiger partial charge on any atom is 0.410 e. The van der Waals surface area contributed by atoms with E-state index in [2.05, 4.69) is 16.1 Å². The van der Waals surface area contributed by atoms with Gasteiger partial charge in [0.15, 0.2) is 0 Å². The number of hydrogen-bond donors (Lipinski definition) is 1. The average Bonchev–Trinajstić information content (AvgIpc) is 2.73. The van der Waals surface area contributed by atoms with E-state index < -0.39 is 0 Å². The predicted octanol–water partition coefficient (Wildman–Crippen LogP) is 1.71. The molecule has 2 fully saturated rings. The summed E-state index contributed by atoms with van der Waals surface area (Å²) < 4.78 is 11.3. The van der Waals surface area contributed by atoms with Gasteiger partial charge in [-0.15, -0.1) is 6.42 Å². The summed E-state index contributed by atoms with van der Waals surface area (Å²) >= 11 is 0. The number of nitrogens with one attached hydrogen (secondary N) is 1. The molecule has 1 aromatic rings. The van der Waals surface area contributed by atoms with Crippen LogP contribution in [-0.2, 0) is 16.1 Å². The first-order valence-corrected chi connectivity index (χ1v) is 9.71. The van der Waals surface area contributed by atoms with E-state index in [1.54, 1.807) is 4.90 Å². The first-order chi connectivity index (χ1) is 13.2. The summed E-state index contributed by atoms with van der Waals surface area (Å²) in [6.07, 6.45) is 7.30. The number of terminal acetylenes is 1. The summed E-state index contributed by atoms with van der Waals surface area (Å²) in [5, 5.41) is 3.59. The van der Waals surface area contributed by atoms with Crippen LogP contribution in [0, 0.1) is 12.3 Å². The second kappa shape index (κ2) is 10.3. The Balaban J connectivity index is 1.36. The molecule has 2 heterocycles. The van der Waals surface area contributed by atoms with Crippen molar-refractivity contribution >= 4 is 6.09 Å². The van der Waals surface area contributed by atoms with E-state index in [0.717, 1.165) is 44.6 Å². The Hall–Kier alpha value is -2.07. The van der Waals surface area contributed by atoms with Crippen molar-refractivity contribution in [2.45, 2.75) is 31.6 Å². The molecule has 0 bridgehead atoms. The molecular weight excluding hydrogens is 342 g/mol. The average molecular weight is 371 g/mol. The van der Waals surface area contributed by atoms with Crippen LogP contribution in [0.4, 0.5) is 4.79 Å². The second-order valence-corrected chi connectivity index (χ2v) is 7.14. The fraction of sp³-hybridized carbons (Fsp3) is 0.571. The second-order valence-electron chi connectivity index (χ2n) is 7.14. The van der Waals surface area contributed by atoms with Crippen LogP contribution in [0.25, 0.3) is 0 Å². The van der Waals surface area contributed by atoms with E-state index in [1.807, 2.05) is 30.3 Å². The minimum absolute atomic E-state index is 0.00626. The number of piperidine rings is 1. The molecule has 2 aliphatic rings. The van der Waals surface area contributed by atoms with Gasteiger partial charge in [-0.25, -0.2) is 4.79 Å². The van der Waals surface area contributed by atoms with Crippen molar-refractivity contribution in [2.24, 2.45) is 0 Å². The SMILES string of the molecule is C#CCN1CCC(NCC2CN(C(=O)OCc3ccccc3)CCO2)CC1. The molecule has 1 atom stereocenters. The van der Waals surface area contributed by atoms with Crippen LogP contribution >= 0.6 is 0 Å². The fourth-order valence-corrected chi connectivity index (χ4v) is 3.54. The van der Waals surface area contributed by atoms with E-state index in [0.29, 0.717) is 32.3 Å². The molecule has 0 saturated carbocycles. The first kappa shape index (κ1) is 19.7. The predicted molar refractivity (Wildman–Crippen MR) is 104 cm³/mol. The summed E-state index contributed by atoms with van der Waals surface area (Å²) in [6, 6.07) is 10.2. The van der Waals surface area contributed by atoms with Crippen molar-refractivity contribution in [3.8, 4) is 12.3 Å². The monoisotopic (exact) mass is 371 g/mol. The van der Waals surface area contributed by atoms with Gasteiger partial charge in [-0.05, 0) is 18.4 Å². The lowest BCUT2D eigenvalue weighted by atomic mass is 10.0. The van der Waals surface area contributed by atoms with Gasteiger partial charge in [-0.1, -0.05) is 36.3 Å². The molecule has 2 saturated heterocycles. The van der Waals surface area contributed by atoms with Gasteiger partial charge in [0.2, 0.25) is 0 Å². The molecule has 1 N–H and O–H groups in total. The van der Waals surface area contributed by atoms with E-state index in [-0.39, 0.29) is 12.2 Å². The lowest BCUT2D eigenvalue weighted by Crippen LogP contribution is -2.51. The van der Waals surface area contributed by atoms with E-state index in [1.165, 1.54) is 0 Å². The van der Waals surface area contributed by atoms with Gasteiger partial charge >= 0.3 is 6.09 Å². The summed E-state index contributed by atoms with van der Waals surface area (Å²) in [5.41, 5.74) is 0.994. The lowest BCUT2D eigenvalue weighted by Gasteiger charge is -2.35. The maximum atomic E-state index is 12.3. The minimum Gasteiger partial charge on any atom is -0.445 e. The minimum atomic E-state index is -0.269. The molecule has 6 heteroatoms. The van der Waals surface area contributed by atoms with Crippen molar-refractivity contribution in [2.75, 3.05) is 45.9 Å². The summed E-state index contributed by atoms with van der Waals surface area (Å²) in [7, 11) is 0. The molecule has 6 nitrogen and oxygen atoms in total. The third-order valence-corrected chi connectivity index (χ3v) is 5.14. The molecule has 0 aliphatic carbocycles. The van der Waals surface area contributed by atoms with Crippen LogP contribution in [0.1, 0.15) is 18.4 Å². The standard InChI is InChI=1S/C21H29N3O3/c1-2-10-23-11-8-19(9-12-23)22-15-20-16-24(13-14-26-20)21(25)27-17-18-6-4-3-5-7-18/h1,3-7,19-20,22H,8-17H2. The van der Waals surface area contributed by atoms with Gasteiger partial charge in [0.25, 0.3) is 0 Å². The molecule has 27 heavy (non-hydrogen) atoms. The zero-order valence-corrected chi connectivity index (χ0v) is 15.8. The summed E-state index contributed by atoms with van der Waals surface area (Å²) in [6.45, 7) is 5.55. The number of amides is 1. The Bertz CT molecular complexity index is 623. The number of hydrogen-bond acceptors (Lipinski definition) is 5. The normalized spacial score (nSPS) is 21.6. The van der Waals surface area contributed by atoms with Gasteiger partial charge in [-0.2, -0.15) is 0 Å². The number of ether oxygens (including phenoxy) is 2. The Morgan fingerprint density at radius 2 is 2.04 bits per heavy atom. The van der Waals surface area contributed by atoms with Gasteiger partial charge < -0.3 is 19.7 Å². The molecule has 1 aromatic carbocycles. The highest BCUT2D eigenvalue weighted by molar-refractivity contribution is 5.67. The molecule has 3 rings (SSSR count). The van der Waals surface area contributed by atoms with Crippen molar-refractivity contribution < 1.29 is 14.3 Å². The number of benzene rings is 1. The maximum absolute atomic E-state index is 12.3. The molecule has 2 aliphatic heterocycles. The number of morpholine rings is 1. The molecule has 0 aromatic heterocycles. The topological polar surface area (TPSA) is 54.0 Å². The number of carbonyl (C=O) groups is 1. The fourth-order valence-electron chi connectivity index (χ4n) is 3.54. The molecule has 146 valence electrons. The van der Waals surface area contributed by atoms with Gasteiger partial charge in [0.1, 0.15) is 6.61 Å². The Kier molecular flexibility index (Phi) is 7.52. The third kappa shape index (κ3) is 6.24. The van der Waals surface area contributed by atoms with Gasteiger partial charge in [0.05, 0.1) is 25.8 Å². The third-order valence-electron chi connectivity index (χ3n) is 5.14. The zero-order valence-electron chi connectivity index (χ0n) is 15.8. The van der Waals surface area contributed by atoms with E-state index >= 15 is 0 Å². The quantitative estimate of drug-likeness (QED) is 0.772. The highest BCUT2D eigenvalue weighted by atomic mass is 16.6. The van der Waals surface area contributed by atoms with Crippen LogP contribution in [-0.4, -0.2) is 73.9 Å². The van der Waals surface area contributed by atoms with Gasteiger partial charge in [0, 0.05) is 32.2 Å². The number of carbonyl (C=O) groups excluding carboxylic acids is 1. The molecule has 1 amide bonds. The molecule has 0 spiro atoms. The van der Waals surface area contributed by atoms with Crippen molar-refractivity contribution in [1.29, 1.82) is 0 Å². The van der Waals surface area contributed by atoms with Crippen LogP contribution in [0.3, 0.4) is 0 Å². The van der Waals surface area contributed by atoms with E-state index in [9.17, 15) is 4.79 Å². The first-order valence-electron chi connectivity index (χ1n) is 9.71. The highest BCUT2D eigenvalue weighted by Gasteiger charge is 2.26. The largest absolute Gasteiger partial charge is 0.445 e. The number of nitrogens with zero attached hydrogens (tertiary/aromatic N) is 2. The molecule has 1 unspecified atom stereocenters. The zero-order chi connectivity index (χ0) is 18.9. The smallest absolute Gasteiger partial charge is 0.410 e. The molecule has 0 radical (unpaired) electrons. The lowest BCUT2D eigenvalue weighted by molar-refractivity contribution is -0.0286.